The Morgan fingerprint density at radius 2 is 1.81 bits per heavy atom. The van der Waals surface area contributed by atoms with Gasteiger partial charge in [-0.05, 0) is 24.0 Å². The van der Waals surface area contributed by atoms with Gasteiger partial charge in [-0.1, -0.05) is 71.6 Å². The van der Waals surface area contributed by atoms with Gasteiger partial charge in [0.25, 0.3) is 0 Å². The average Bonchev–Trinajstić information content (AvgIpc) is 2.49. The molecule has 1 N–H and O–H groups in total. The highest BCUT2D eigenvalue weighted by Gasteiger charge is 2.24. The molecule has 1 aromatic carbocycles. The zero-order valence-corrected chi connectivity index (χ0v) is 14.1. The van der Waals surface area contributed by atoms with Gasteiger partial charge in [0.1, 0.15) is 0 Å². The molecule has 2 unspecified atom stereocenters. The molecular formula is C19H31NO. The van der Waals surface area contributed by atoms with E-state index in [1.807, 2.05) is 30.3 Å². The van der Waals surface area contributed by atoms with Gasteiger partial charge in [-0.3, -0.25) is 4.79 Å². The van der Waals surface area contributed by atoms with Crippen molar-refractivity contribution in [2.45, 2.75) is 65.8 Å². The van der Waals surface area contributed by atoms with Gasteiger partial charge in [0, 0.05) is 12.1 Å². The van der Waals surface area contributed by atoms with Crippen LogP contribution in [-0.2, 0) is 4.79 Å². The number of benzene rings is 1. The van der Waals surface area contributed by atoms with Crippen molar-refractivity contribution in [3.05, 3.63) is 30.3 Å². The number of carbonyl (C=O) groups is 1. The lowest BCUT2D eigenvalue weighted by Crippen LogP contribution is -2.35. The van der Waals surface area contributed by atoms with Crippen molar-refractivity contribution in [1.82, 2.24) is 0 Å². The Kier molecular flexibility index (Phi) is 8.11. The molecule has 0 amide bonds. The zero-order valence-electron chi connectivity index (χ0n) is 14.1. The molecular weight excluding hydrogens is 258 g/mol. The highest BCUT2D eigenvalue weighted by Crippen LogP contribution is 2.21. The molecule has 0 fully saturated rings. The molecule has 0 saturated heterocycles. The highest BCUT2D eigenvalue weighted by atomic mass is 16.1. The topological polar surface area (TPSA) is 29.1 Å². The lowest BCUT2D eigenvalue weighted by atomic mass is 9.88. The molecule has 21 heavy (non-hydrogen) atoms. The highest BCUT2D eigenvalue weighted by molar-refractivity contribution is 5.87. The maximum absolute atomic E-state index is 12.7. The van der Waals surface area contributed by atoms with Crippen molar-refractivity contribution in [2.75, 3.05) is 5.32 Å². The summed E-state index contributed by atoms with van der Waals surface area (Å²) in [5.74, 6) is 1.20. The first-order chi connectivity index (χ1) is 10.1. The molecule has 2 heteroatoms. The molecule has 0 heterocycles. The van der Waals surface area contributed by atoms with E-state index in [4.69, 9.17) is 0 Å². The normalized spacial score (nSPS) is 14.0. The molecule has 1 aromatic rings. The van der Waals surface area contributed by atoms with Crippen molar-refractivity contribution in [3.63, 3.8) is 0 Å². The number of para-hydroxylation sites is 1. The smallest absolute Gasteiger partial charge is 0.155 e. The largest absolute Gasteiger partial charge is 0.375 e. The summed E-state index contributed by atoms with van der Waals surface area (Å²) in [5, 5.41) is 3.41. The fourth-order valence-corrected chi connectivity index (χ4v) is 2.69. The monoisotopic (exact) mass is 289 g/mol. The van der Waals surface area contributed by atoms with Crippen LogP contribution in [0.3, 0.4) is 0 Å². The molecule has 0 saturated carbocycles. The first kappa shape index (κ1) is 17.7. The van der Waals surface area contributed by atoms with Crippen LogP contribution >= 0.6 is 0 Å². The maximum atomic E-state index is 12.7. The predicted octanol–water partition coefficient (Wildman–Crippen LogP) is 5.30. The summed E-state index contributed by atoms with van der Waals surface area (Å²) in [5.41, 5.74) is 1.03. The number of rotatable bonds is 10. The molecule has 0 aliphatic heterocycles. The number of Topliss-reactive ketones (excluding diaryl/α,β-unsaturated/α-hetero) is 1. The van der Waals surface area contributed by atoms with Gasteiger partial charge in [0.15, 0.2) is 5.78 Å². The standard InChI is InChI=1S/C19H31NO/c1-5-7-11-16(6-2)14-18(21)19(15(3)4)20-17-12-9-8-10-13-17/h8-10,12-13,15-16,19-20H,5-7,11,14H2,1-4H3. The lowest BCUT2D eigenvalue weighted by Gasteiger charge is -2.24. The average molecular weight is 289 g/mol. The van der Waals surface area contributed by atoms with Crippen molar-refractivity contribution in [3.8, 4) is 0 Å². The molecule has 1 rings (SSSR count). The first-order valence-corrected chi connectivity index (χ1v) is 8.42. The van der Waals surface area contributed by atoms with Gasteiger partial charge in [-0.2, -0.15) is 0 Å². The summed E-state index contributed by atoms with van der Waals surface area (Å²) in [4.78, 5) is 12.7. The second kappa shape index (κ2) is 9.59. The molecule has 0 bridgehead atoms. The molecule has 0 aromatic heterocycles. The van der Waals surface area contributed by atoms with Crippen LogP contribution < -0.4 is 5.32 Å². The molecule has 2 nitrogen and oxygen atoms in total. The number of anilines is 1. The van der Waals surface area contributed by atoms with Gasteiger partial charge < -0.3 is 5.32 Å². The second-order valence-corrected chi connectivity index (χ2v) is 6.32. The first-order valence-electron chi connectivity index (χ1n) is 8.42. The van der Waals surface area contributed by atoms with Gasteiger partial charge in [0.2, 0.25) is 0 Å². The third-order valence-corrected chi connectivity index (χ3v) is 4.14. The number of hydrogen-bond acceptors (Lipinski definition) is 2. The van der Waals surface area contributed by atoms with Crippen molar-refractivity contribution in [2.24, 2.45) is 11.8 Å². The van der Waals surface area contributed by atoms with Gasteiger partial charge in [-0.25, -0.2) is 0 Å². The van der Waals surface area contributed by atoms with Crippen LogP contribution in [0.5, 0.6) is 0 Å². The number of nitrogens with one attached hydrogen (secondary N) is 1. The van der Waals surface area contributed by atoms with Gasteiger partial charge >= 0.3 is 0 Å². The van der Waals surface area contributed by atoms with E-state index in [1.54, 1.807) is 0 Å². The molecule has 0 aliphatic carbocycles. The van der Waals surface area contributed by atoms with E-state index in [9.17, 15) is 4.79 Å². The fourth-order valence-electron chi connectivity index (χ4n) is 2.69. The minimum atomic E-state index is -0.0805. The SMILES string of the molecule is CCCCC(CC)CC(=O)C(Nc1ccccc1)C(C)C. The van der Waals surface area contributed by atoms with Crippen molar-refractivity contribution < 1.29 is 4.79 Å². The maximum Gasteiger partial charge on any atom is 0.155 e. The number of unbranched alkanes of at least 4 members (excludes halogenated alkanes) is 1. The summed E-state index contributed by atoms with van der Waals surface area (Å²) in [6, 6.07) is 9.97. The summed E-state index contributed by atoms with van der Waals surface area (Å²) in [6.07, 6.45) is 5.42. The van der Waals surface area contributed by atoms with Crippen LogP contribution in [0.4, 0.5) is 5.69 Å². The molecule has 0 radical (unpaired) electrons. The van der Waals surface area contributed by atoms with Crippen LogP contribution in [0.2, 0.25) is 0 Å². The Bertz CT molecular complexity index is 399. The summed E-state index contributed by atoms with van der Waals surface area (Å²) >= 11 is 0. The van der Waals surface area contributed by atoms with Crippen molar-refractivity contribution in [1.29, 1.82) is 0 Å². The number of carbonyl (C=O) groups excluding carboxylic acids is 1. The molecule has 0 aliphatic rings. The van der Waals surface area contributed by atoms with E-state index in [1.165, 1.54) is 19.3 Å². The van der Waals surface area contributed by atoms with Crippen LogP contribution in [0.15, 0.2) is 30.3 Å². The lowest BCUT2D eigenvalue weighted by molar-refractivity contribution is -0.121. The summed E-state index contributed by atoms with van der Waals surface area (Å²) in [6.45, 7) is 8.64. The van der Waals surface area contributed by atoms with Gasteiger partial charge in [0.05, 0.1) is 6.04 Å². The third-order valence-electron chi connectivity index (χ3n) is 4.14. The quantitative estimate of drug-likeness (QED) is 0.633. The van der Waals surface area contributed by atoms with E-state index in [0.717, 1.165) is 12.1 Å². The fraction of sp³-hybridized carbons (Fsp3) is 0.632. The van der Waals surface area contributed by atoms with E-state index in [-0.39, 0.29) is 6.04 Å². The number of ketones is 1. The molecule has 0 spiro atoms. The Balaban J connectivity index is 2.64. The zero-order chi connectivity index (χ0) is 15.7. The summed E-state index contributed by atoms with van der Waals surface area (Å²) < 4.78 is 0. The van der Waals surface area contributed by atoms with E-state index >= 15 is 0 Å². The van der Waals surface area contributed by atoms with Crippen LogP contribution in [0, 0.1) is 11.8 Å². The summed E-state index contributed by atoms with van der Waals surface area (Å²) in [7, 11) is 0. The van der Waals surface area contributed by atoms with Crippen LogP contribution in [0.25, 0.3) is 0 Å². The van der Waals surface area contributed by atoms with Gasteiger partial charge in [-0.15, -0.1) is 0 Å². The molecule has 2 atom stereocenters. The van der Waals surface area contributed by atoms with Crippen LogP contribution in [0.1, 0.15) is 59.8 Å². The van der Waals surface area contributed by atoms with E-state index < -0.39 is 0 Å². The minimum Gasteiger partial charge on any atom is -0.375 e. The Morgan fingerprint density at radius 1 is 1.14 bits per heavy atom. The van der Waals surface area contributed by atoms with Crippen LogP contribution in [-0.4, -0.2) is 11.8 Å². The second-order valence-electron chi connectivity index (χ2n) is 6.32. The third kappa shape index (κ3) is 6.33. The van der Waals surface area contributed by atoms with E-state index in [2.05, 4.69) is 33.0 Å². The predicted molar refractivity (Wildman–Crippen MR) is 91.6 cm³/mol. The Hall–Kier alpha value is -1.31. The van der Waals surface area contributed by atoms with Crippen molar-refractivity contribution >= 4 is 11.5 Å². The molecule has 118 valence electrons. The number of hydrogen-bond donors (Lipinski definition) is 1. The Labute approximate surface area is 130 Å². The Morgan fingerprint density at radius 3 is 2.33 bits per heavy atom. The van der Waals surface area contributed by atoms with E-state index in [0.29, 0.717) is 24.0 Å². The minimum absolute atomic E-state index is 0.0805.